The van der Waals surface area contributed by atoms with Crippen molar-refractivity contribution in [1.82, 2.24) is 0 Å². The smallest absolute Gasteiger partial charge is 0.327 e. The first-order valence-electron chi connectivity index (χ1n) is 5.29. The maximum Gasteiger partial charge on any atom is 0.327 e. The van der Waals surface area contributed by atoms with Gasteiger partial charge in [0.25, 0.3) is 5.69 Å². The van der Waals surface area contributed by atoms with Gasteiger partial charge < -0.3 is 9.47 Å². The predicted octanol–water partition coefficient (Wildman–Crippen LogP) is 1.20. The van der Waals surface area contributed by atoms with Crippen molar-refractivity contribution in [1.29, 1.82) is 0 Å². The molecule has 1 aromatic carbocycles. The number of carbonyl (C=O) groups excluding carboxylic acids is 2. The number of carbonyl (C=O) groups is 2. The summed E-state index contributed by atoms with van der Waals surface area (Å²) < 4.78 is 9.19. The van der Waals surface area contributed by atoms with Crippen molar-refractivity contribution in [2.24, 2.45) is 0 Å². The van der Waals surface area contributed by atoms with Crippen molar-refractivity contribution in [3.05, 3.63) is 39.9 Å². The minimum Gasteiger partial charge on any atom is -0.468 e. The molecule has 19 heavy (non-hydrogen) atoms. The van der Waals surface area contributed by atoms with Gasteiger partial charge in [0.1, 0.15) is 0 Å². The Morgan fingerprint density at radius 3 is 1.84 bits per heavy atom. The molecule has 0 saturated carbocycles. The number of nitrogens with zero attached hydrogens (tertiary/aromatic N) is 1. The Labute approximate surface area is 109 Å². The van der Waals surface area contributed by atoms with Gasteiger partial charge in [-0.25, -0.2) is 0 Å². The number of non-ortho nitro benzene ring substituents is 1. The summed E-state index contributed by atoms with van der Waals surface area (Å²) in [7, 11) is 2.30. The number of ether oxygens (including phenoxy) is 2. The third-order valence-electron chi connectivity index (χ3n) is 2.84. The normalized spacial score (nSPS) is 10.7. The fraction of sp³-hybridized carbons (Fsp3) is 0.333. The van der Waals surface area contributed by atoms with E-state index in [0.717, 1.165) is 14.2 Å². The zero-order chi connectivity index (χ0) is 14.6. The Bertz CT molecular complexity index is 491. The Hall–Kier alpha value is -2.44. The van der Waals surface area contributed by atoms with Gasteiger partial charge in [-0.15, -0.1) is 0 Å². The van der Waals surface area contributed by atoms with Crippen LogP contribution in [-0.4, -0.2) is 31.1 Å². The second-order valence-electron chi connectivity index (χ2n) is 3.91. The van der Waals surface area contributed by atoms with Crippen LogP contribution in [-0.2, 0) is 24.5 Å². The van der Waals surface area contributed by atoms with Gasteiger partial charge in [-0.2, -0.15) is 0 Å². The minimum absolute atomic E-state index is 0.138. The molecule has 0 spiro atoms. The van der Waals surface area contributed by atoms with E-state index in [1.807, 2.05) is 0 Å². The molecule has 1 aromatic rings. The van der Waals surface area contributed by atoms with E-state index in [-0.39, 0.29) is 11.3 Å². The number of nitro groups is 1. The van der Waals surface area contributed by atoms with E-state index in [9.17, 15) is 19.7 Å². The van der Waals surface area contributed by atoms with E-state index in [2.05, 4.69) is 9.47 Å². The molecule has 7 nitrogen and oxygen atoms in total. The van der Waals surface area contributed by atoms with Gasteiger partial charge in [-0.3, -0.25) is 19.7 Å². The summed E-state index contributed by atoms with van der Waals surface area (Å²) in [6, 6.07) is 5.07. The summed E-state index contributed by atoms with van der Waals surface area (Å²) in [5.74, 6) is -1.60. The molecule has 0 bridgehead atoms. The Kier molecular flexibility index (Phi) is 4.21. The van der Waals surface area contributed by atoms with E-state index >= 15 is 0 Å². The number of hydrogen-bond acceptors (Lipinski definition) is 6. The summed E-state index contributed by atoms with van der Waals surface area (Å²) >= 11 is 0. The molecule has 7 heteroatoms. The van der Waals surface area contributed by atoms with Gasteiger partial charge in [-0.1, -0.05) is 12.1 Å². The van der Waals surface area contributed by atoms with Crippen molar-refractivity contribution < 1.29 is 24.0 Å². The highest BCUT2D eigenvalue weighted by molar-refractivity contribution is 6.05. The van der Waals surface area contributed by atoms with Crippen LogP contribution in [0.2, 0.25) is 0 Å². The summed E-state index contributed by atoms with van der Waals surface area (Å²) in [5, 5.41) is 10.6. The van der Waals surface area contributed by atoms with Gasteiger partial charge in [0, 0.05) is 12.1 Å². The van der Waals surface area contributed by atoms with Crippen molar-refractivity contribution in [3.63, 3.8) is 0 Å². The summed E-state index contributed by atoms with van der Waals surface area (Å²) in [4.78, 5) is 33.6. The van der Waals surface area contributed by atoms with E-state index in [4.69, 9.17) is 0 Å². The lowest BCUT2D eigenvalue weighted by atomic mass is 9.82. The van der Waals surface area contributed by atoms with Crippen molar-refractivity contribution in [3.8, 4) is 0 Å². The van der Waals surface area contributed by atoms with Crippen molar-refractivity contribution >= 4 is 17.6 Å². The van der Waals surface area contributed by atoms with Gasteiger partial charge in [0.15, 0.2) is 5.41 Å². The molecule has 0 aliphatic rings. The second kappa shape index (κ2) is 5.47. The number of nitro benzene ring substituents is 1. The van der Waals surface area contributed by atoms with Crippen LogP contribution < -0.4 is 0 Å². The van der Waals surface area contributed by atoms with Crippen molar-refractivity contribution in [2.75, 3.05) is 14.2 Å². The fourth-order valence-corrected chi connectivity index (χ4v) is 1.64. The lowest BCUT2D eigenvalue weighted by Crippen LogP contribution is -2.42. The van der Waals surface area contributed by atoms with Gasteiger partial charge in [0.2, 0.25) is 0 Å². The highest BCUT2D eigenvalue weighted by atomic mass is 16.6. The largest absolute Gasteiger partial charge is 0.468 e. The molecular weight excluding hydrogens is 254 g/mol. The molecule has 0 fully saturated rings. The maximum absolute atomic E-state index is 11.8. The maximum atomic E-state index is 11.8. The average Bonchev–Trinajstić information content (AvgIpc) is 2.44. The van der Waals surface area contributed by atoms with Crippen LogP contribution in [0.3, 0.4) is 0 Å². The lowest BCUT2D eigenvalue weighted by Gasteiger charge is -2.23. The number of benzene rings is 1. The van der Waals surface area contributed by atoms with Crippen LogP contribution in [0.5, 0.6) is 0 Å². The lowest BCUT2D eigenvalue weighted by molar-refractivity contribution is -0.384. The van der Waals surface area contributed by atoms with Crippen LogP contribution in [0.15, 0.2) is 24.3 Å². The molecule has 102 valence electrons. The van der Waals surface area contributed by atoms with E-state index in [1.54, 1.807) is 0 Å². The number of rotatable bonds is 4. The molecule has 0 amide bonds. The van der Waals surface area contributed by atoms with Crippen LogP contribution in [0.25, 0.3) is 0 Å². The first-order chi connectivity index (χ1) is 8.87. The fourth-order valence-electron chi connectivity index (χ4n) is 1.64. The van der Waals surface area contributed by atoms with Gasteiger partial charge in [-0.05, 0) is 12.5 Å². The zero-order valence-electron chi connectivity index (χ0n) is 10.7. The Morgan fingerprint density at radius 2 is 1.53 bits per heavy atom. The number of hydrogen-bond donors (Lipinski definition) is 0. The average molecular weight is 267 g/mol. The highest BCUT2D eigenvalue weighted by Crippen LogP contribution is 2.28. The molecule has 0 aromatic heterocycles. The van der Waals surface area contributed by atoms with Gasteiger partial charge >= 0.3 is 11.9 Å². The first kappa shape index (κ1) is 14.6. The second-order valence-corrected chi connectivity index (χ2v) is 3.91. The molecule has 0 unspecified atom stereocenters. The molecule has 0 atom stereocenters. The number of esters is 2. The van der Waals surface area contributed by atoms with Crippen LogP contribution in [0.1, 0.15) is 12.5 Å². The molecule has 0 N–H and O–H groups in total. The van der Waals surface area contributed by atoms with E-state index < -0.39 is 22.3 Å². The van der Waals surface area contributed by atoms with Crippen molar-refractivity contribution in [2.45, 2.75) is 12.3 Å². The monoisotopic (exact) mass is 267 g/mol. The van der Waals surface area contributed by atoms with Gasteiger partial charge in [0.05, 0.1) is 19.1 Å². The van der Waals surface area contributed by atoms with Crippen LogP contribution in [0.4, 0.5) is 5.69 Å². The minimum atomic E-state index is -1.65. The molecule has 0 saturated heterocycles. The third-order valence-corrected chi connectivity index (χ3v) is 2.84. The first-order valence-corrected chi connectivity index (χ1v) is 5.29. The summed E-state index contributed by atoms with van der Waals surface area (Å²) in [6.45, 7) is 1.34. The molecule has 0 radical (unpaired) electrons. The Balaban J connectivity index is 3.30. The van der Waals surface area contributed by atoms with E-state index in [1.165, 1.54) is 31.2 Å². The number of methoxy groups -OCH3 is 2. The third kappa shape index (κ3) is 2.54. The highest BCUT2D eigenvalue weighted by Gasteiger charge is 2.45. The van der Waals surface area contributed by atoms with Crippen LogP contribution >= 0.6 is 0 Å². The SMILES string of the molecule is COC(=O)C(C)(C(=O)OC)c1ccc([N+](=O)[O-])cc1. The standard InChI is InChI=1S/C12H13NO6/c1-12(10(14)18-2,11(15)19-3)8-4-6-9(7-5-8)13(16)17/h4-7H,1-3H3. The van der Waals surface area contributed by atoms with Crippen LogP contribution in [0, 0.1) is 10.1 Å². The predicted molar refractivity (Wildman–Crippen MR) is 64.5 cm³/mol. The topological polar surface area (TPSA) is 95.7 Å². The summed E-state index contributed by atoms with van der Waals surface area (Å²) in [5.41, 5.74) is -1.53. The Morgan fingerprint density at radius 1 is 1.11 bits per heavy atom. The molecule has 0 aliphatic carbocycles. The zero-order valence-corrected chi connectivity index (χ0v) is 10.7. The quantitative estimate of drug-likeness (QED) is 0.352. The molecular formula is C12H13NO6. The molecule has 0 aliphatic heterocycles. The van der Waals surface area contributed by atoms with E-state index in [0.29, 0.717) is 0 Å². The molecule has 1 rings (SSSR count). The summed E-state index contributed by atoms with van der Waals surface area (Å²) in [6.07, 6.45) is 0. The molecule has 0 heterocycles.